The number of rotatable bonds is 5. The Kier molecular flexibility index (Phi) is 4.53. The first kappa shape index (κ1) is 19.3. The van der Waals surface area contributed by atoms with E-state index in [-0.39, 0.29) is 11.7 Å². The van der Waals surface area contributed by atoms with E-state index < -0.39 is 29.4 Å². The van der Waals surface area contributed by atoms with Crippen molar-refractivity contribution in [3.05, 3.63) is 71.4 Å². The number of nitrogens with two attached hydrogens (primary N) is 1. The molecule has 7 nitrogen and oxygen atoms in total. The highest BCUT2D eigenvalue weighted by molar-refractivity contribution is 5.99. The van der Waals surface area contributed by atoms with Crippen molar-refractivity contribution >= 4 is 22.6 Å². The minimum Gasteiger partial charge on any atom is -0.364 e. The maximum Gasteiger partial charge on any atom is 0.265 e. The second kappa shape index (κ2) is 6.81. The molecule has 0 saturated heterocycles. The van der Waals surface area contributed by atoms with Crippen LogP contribution in [0.15, 0.2) is 54.6 Å². The van der Waals surface area contributed by atoms with Gasteiger partial charge in [-0.15, -0.1) is 0 Å². The molecule has 3 aromatic rings. The maximum atomic E-state index is 13.2. The van der Waals surface area contributed by atoms with Gasteiger partial charge in [-0.25, -0.2) is 0 Å². The minimum absolute atomic E-state index is 0.264. The number of benzene rings is 2. The number of aromatic nitrogens is 1. The molecule has 3 atom stereocenters. The summed E-state index contributed by atoms with van der Waals surface area (Å²) >= 11 is 0. The molecule has 0 radical (unpaired) electrons. The second-order valence-electron chi connectivity index (χ2n) is 7.57. The molecule has 0 bridgehead atoms. The van der Waals surface area contributed by atoms with Crippen molar-refractivity contribution in [1.82, 2.24) is 9.88 Å². The average Bonchev–Trinajstić information content (AvgIpc) is 3.21. The third kappa shape index (κ3) is 2.95. The van der Waals surface area contributed by atoms with Gasteiger partial charge in [0.05, 0.1) is 18.0 Å². The highest BCUT2D eigenvalue weighted by Crippen LogP contribution is 2.51. The summed E-state index contributed by atoms with van der Waals surface area (Å²) in [6.45, 7) is 1.06. The number of aliphatic hydroxyl groups is 2. The van der Waals surface area contributed by atoms with Crippen molar-refractivity contribution in [3.63, 3.8) is 0 Å². The number of para-hydroxylation sites is 1. The van der Waals surface area contributed by atoms with Crippen LogP contribution >= 0.6 is 0 Å². The van der Waals surface area contributed by atoms with E-state index in [1.54, 1.807) is 17.7 Å². The zero-order chi connectivity index (χ0) is 20.9. The Bertz CT molecular complexity index is 1110. The SMILES string of the molecule is CNC1c2ccccc2C(C(=O)C(C)(O)O)C1n1c(C(N)=O)cc2ccccc21. The molecule has 0 saturated carbocycles. The van der Waals surface area contributed by atoms with Gasteiger partial charge in [0.15, 0.2) is 0 Å². The molecule has 0 aliphatic heterocycles. The number of hydrogen-bond donors (Lipinski definition) is 4. The average molecular weight is 393 g/mol. The van der Waals surface area contributed by atoms with Crippen molar-refractivity contribution < 1.29 is 19.8 Å². The van der Waals surface area contributed by atoms with Gasteiger partial charge in [-0.3, -0.25) is 9.59 Å². The maximum absolute atomic E-state index is 13.2. The van der Waals surface area contributed by atoms with Crippen LogP contribution < -0.4 is 11.1 Å². The largest absolute Gasteiger partial charge is 0.364 e. The molecular weight excluding hydrogens is 370 g/mol. The zero-order valence-corrected chi connectivity index (χ0v) is 16.2. The van der Waals surface area contributed by atoms with Gasteiger partial charge in [-0.05, 0) is 37.2 Å². The Morgan fingerprint density at radius 3 is 2.31 bits per heavy atom. The number of nitrogens with one attached hydrogen (secondary N) is 1. The molecule has 2 aromatic carbocycles. The molecule has 1 aliphatic carbocycles. The van der Waals surface area contributed by atoms with Gasteiger partial charge < -0.3 is 25.8 Å². The smallest absolute Gasteiger partial charge is 0.265 e. The van der Waals surface area contributed by atoms with Crippen molar-refractivity contribution in [2.75, 3.05) is 7.05 Å². The second-order valence-corrected chi connectivity index (χ2v) is 7.57. The molecule has 5 N–H and O–H groups in total. The zero-order valence-electron chi connectivity index (χ0n) is 16.2. The third-order valence-corrected chi connectivity index (χ3v) is 5.71. The first-order chi connectivity index (χ1) is 13.8. The molecule has 1 heterocycles. The summed E-state index contributed by atoms with van der Waals surface area (Å²) in [4.78, 5) is 25.4. The van der Waals surface area contributed by atoms with E-state index in [1.165, 1.54) is 0 Å². The van der Waals surface area contributed by atoms with Gasteiger partial charge in [0.2, 0.25) is 11.6 Å². The number of Topliss-reactive ketones (excluding diaryl/α,β-unsaturated/α-hetero) is 1. The van der Waals surface area contributed by atoms with Gasteiger partial charge >= 0.3 is 0 Å². The quantitative estimate of drug-likeness (QED) is 0.491. The van der Waals surface area contributed by atoms with E-state index in [0.717, 1.165) is 23.4 Å². The number of hydrogen-bond acceptors (Lipinski definition) is 5. The topological polar surface area (TPSA) is 118 Å². The van der Waals surface area contributed by atoms with Crippen LogP contribution in [0.3, 0.4) is 0 Å². The number of primary amides is 1. The summed E-state index contributed by atoms with van der Waals surface area (Å²) in [6, 6.07) is 15.6. The summed E-state index contributed by atoms with van der Waals surface area (Å²) < 4.78 is 1.76. The Labute approximate surface area is 167 Å². The Morgan fingerprint density at radius 2 is 1.69 bits per heavy atom. The highest BCUT2D eigenvalue weighted by Gasteiger charge is 2.50. The molecule has 0 spiro atoms. The predicted octanol–water partition coefficient (Wildman–Crippen LogP) is 1.61. The molecule has 4 rings (SSSR count). The first-order valence-corrected chi connectivity index (χ1v) is 9.40. The molecule has 1 amide bonds. The fourth-order valence-corrected chi connectivity index (χ4v) is 4.54. The van der Waals surface area contributed by atoms with Crippen molar-refractivity contribution in [3.8, 4) is 0 Å². The van der Waals surface area contributed by atoms with Crippen LogP contribution in [0, 0.1) is 0 Å². The Balaban J connectivity index is 2.03. The Hall–Kier alpha value is -3.00. The van der Waals surface area contributed by atoms with Gasteiger partial charge in [-0.1, -0.05) is 42.5 Å². The molecule has 29 heavy (non-hydrogen) atoms. The number of amides is 1. The lowest BCUT2D eigenvalue weighted by molar-refractivity contribution is -0.178. The standard InChI is InChI=1S/C22H23N3O4/c1-22(28,29)20(26)17-13-8-4-5-9-14(13)18(24-2)19(17)25-15-10-6-3-7-12(15)11-16(25)21(23)27/h3-11,17-19,24,28-29H,1-2H3,(H2,23,27). The molecule has 1 aliphatic rings. The van der Waals surface area contributed by atoms with E-state index in [9.17, 15) is 19.8 Å². The van der Waals surface area contributed by atoms with Crippen molar-refractivity contribution in [1.29, 1.82) is 0 Å². The first-order valence-electron chi connectivity index (χ1n) is 9.40. The number of fused-ring (bicyclic) bond motifs is 2. The fourth-order valence-electron chi connectivity index (χ4n) is 4.54. The van der Waals surface area contributed by atoms with Crippen LogP contribution in [-0.4, -0.2) is 39.3 Å². The lowest BCUT2D eigenvalue weighted by Gasteiger charge is -2.30. The van der Waals surface area contributed by atoms with Crippen molar-refractivity contribution in [2.45, 2.75) is 30.7 Å². The van der Waals surface area contributed by atoms with Crippen LogP contribution in [-0.2, 0) is 4.79 Å². The van der Waals surface area contributed by atoms with Gasteiger partial charge in [0.25, 0.3) is 5.91 Å². The van der Waals surface area contributed by atoms with Crippen LogP contribution in [0.25, 0.3) is 10.9 Å². The van der Waals surface area contributed by atoms with E-state index >= 15 is 0 Å². The monoisotopic (exact) mass is 393 g/mol. The molecular formula is C22H23N3O4. The molecule has 7 heteroatoms. The molecule has 150 valence electrons. The van der Waals surface area contributed by atoms with Crippen LogP contribution in [0.5, 0.6) is 0 Å². The van der Waals surface area contributed by atoms with E-state index in [1.807, 2.05) is 48.5 Å². The van der Waals surface area contributed by atoms with Crippen LogP contribution in [0.1, 0.15) is 46.5 Å². The highest BCUT2D eigenvalue weighted by atomic mass is 16.5. The summed E-state index contributed by atoms with van der Waals surface area (Å²) in [7, 11) is 1.77. The summed E-state index contributed by atoms with van der Waals surface area (Å²) in [6.07, 6.45) is 0. The number of nitrogens with zero attached hydrogens (tertiary/aromatic N) is 1. The fraction of sp³-hybridized carbons (Fsp3) is 0.273. The van der Waals surface area contributed by atoms with Gasteiger partial charge in [-0.2, -0.15) is 0 Å². The summed E-state index contributed by atoms with van der Waals surface area (Å²) in [5.74, 6) is -4.75. The molecule has 0 fully saturated rings. The number of carbonyl (C=O) groups is 2. The third-order valence-electron chi connectivity index (χ3n) is 5.71. The summed E-state index contributed by atoms with van der Waals surface area (Å²) in [5, 5.41) is 24.3. The van der Waals surface area contributed by atoms with Gasteiger partial charge in [0, 0.05) is 10.9 Å². The van der Waals surface area contributed by atoms with Crippen LogP contribution in [0.4, 0.5) is 0 Å². The lowest BCUT2D eigenvalue weighted by atomic mass is 9.88. The summed E-state index contributed by atoms with van der Waals surface area (Å²) in [5.41, 5.74) is 8.26. The molecule has 1 aromatic heterocycles. The van der Waals surface area contributed by atoms with E-state index in [2.05, 4.69) is 5.32 Å². The minimum atomic E-state index is -2.52. The van der Waals surface area contributed by atoms with Crippen molar-refractivity contribution in [2.24, 2.45) is 5.73 Å². The molecule has 3 unspecified atom stereocenters. The van der Waals surface area contributed by atoms with E-state index in [4.69, 9.17) is 5.73 Å². The lowest BCUT2D eigenvalue weighted by Crippen LogP contribution is -2.42. The Morgan fingerprint density at radius 1 is 1.07 bits per heavy atom. The normalized spacial score (nSPS) is 21.3. The van der Waals surface area contributed by atoms with E-state index in [0.29, 0.717) is 5.56 Å². The predicted molar refractivity (Wildman–Crippen MR) is 108 cm³/mol. The van der Waals surface area contributed by atoms with Gasteiger partial charge in [0.1, 0.15) is 5.69 Å². The number of likely N-dealkylation sites (N-methyl/N-ethyl adjacent to an activating group) is 1. The number of ketones is 1. The number of carbonyl (C=O) groups excluding carboxylic acids is 2. The van der Waals surface area contributed by atoms with Crippen LogP contribution in [0.2, 0.25) is 0 Å².